The predicted molar refractivity (Wildman–Crippen MR) is 228 cm³/mol. The third kappa shape index (κ3) is 4.46. The number of anilines is 2. The third-order valence-corrected chi connectivity index (χ3v) is 12.1. The lowest BCUT2D eigenvalue weighted by atomic mass is 9.79. The number of hydrogen-bond acceptors (Lipinski definition) is 3. The summed E-state index contributed by atoms with van der Waals surface area (Å²) in [6.45, 7) is 2.35. The zero-order chi connectivity index (χ0) is 36.3. The molecule has 2 unspecified atom stereocenters. The summed E-state index contributed by atoms with van der Waals surface area (Å²) in [5.74, 6) is 0. The Balaban J connectivity index is 0.958. The Hall–Kier alpha value is -7.04. The van der Waals surface area contributed by atoms with Crippen LogP contribution in [0.25, 0.3) is 77.3 Å². The molecule has 0 bridgehead atoms. The quantitative estimate of drug-likeness (QED) is 0.184. The summed E-state index contributed by atoms with van der Waals surface area (Å²) in [6, 6.07) is 63.8. The first-order valence-corrected chi connectivity index (χ1v) is 19.0. The van der Waals surface area contributed by atoms with E-state index in [1.54, 1.807) is 0 Å². The van der Waals surface area contributed by atoms with Crippen LogP contribution in [0.2, 0.25) is 0 Å². The molecule has 258 valence electrons. The van der Waals surface area contributed by atoms with Crippen molar-refractivity contribution in [1.82, 2.24) is 9.55 Å². The minimum absolute atomic E-state index is 0.0894. The number of nitrogens with zero attached hydrogens (tertiary/aromatic N) is 4. The lowest BCUT2D eigenvalue weighted by molar-refractivity contribution is 0.508. The molecule has 0 saturated heterocycles. The van der Waals surface area contributed by atoms with Crippen LogP contribution in [0.4, 0.5) is 11.4 Å². The SMILES string of the molecule is CC12C=c3ccccc3=NC1N(c1ccc(-c3ccc(-n4c5cc6ccccc6cc5c5cc6ccccc6nc54)cc3)cc1)c1cc3ccccc3cc12. The second-order valence-electron chi connectivity index (χ2n) is 15.3. The van der Waals surface area contributed by atoms with E-state index in [9.17, 15) is 0 Å². The van der Waals surface area contributed by atoms with Gasteiger partial charge in [-0.25, -0.2) is 4.98 Å². The van der Waals surface area contributed by atoms with Crippen LogP contribution in [0.15, 0.2) is 181 Å². The summed E-state index contributed by atoms with van der Waals surface area (Å²) < 4.78 is 2.32. The molecule has 4 nitrogen and oxygen atoms in total. The van der Waals surface area contributed by atoms with Crippen LogP contribution in [0, 0.1) is 0 Å². The minimum Gasteiger partial charge on any atom is -0.317 e. The van der Waals surface area contributed by atoms with Gasteiger partial charge in [0.1, 0.15) is 11.8 Å². The first-order chi connectivity index (χ1) is 27.1. The van der Waals surface area contributed by atoms with Gasteiger partial charge in [-0.1, -0.05) is 115 Å². The van der Waals surface area contributed by atoms with Crippen LogP contribution in [0.5, 0.6) is 0 Å². The van der Waals surface area contributed by atoms with E-state index in [0.29, 0.717) is 0 Å². The van der Waals surface area contributed by atoms with Crippen LogP contribution in [-0.4, -0.2) is 15.7 Å². The van der Waals surface area contributed by atoms with Crippen molar-refractivity contribution in [1.29, 1.82) is 0 Å². The average Bonchev–Trinajstić information content (AvgIpc) is 3.66. The zero-order valence-corrected chi connectivity index (χ0v) is 30.2. The number of aromatic nitrogens is 2. The van der Waals surface area contributed by atoms with E-state index in [-0.39, 0.29) is 11.6 Å². The largest absolute Gasteiger partial charge is 0.317 e. The smallest absolute Gasteiger partial charge is 0.146 e. The number of fused-ring (bicyclic) bond motifs is 10. The molecule has 4 heteroatoms. The molecule has 0 amide bonds. The molecule has 8 aromatic carbocycles. The lowest BCUT2D eigenvalue weighted by Crippen LogP contribution is -2.46. The second kappa shape index (κ2) is 11.2. The van der Waals surface area contributed by atoms with Crippen LogP contribution >= 0.6 is 0 Å². The van der Waals surface area contributed by atoms with Crippen LogP contribution in [0.1, 0.15) is 12.5 Å². The molecule has 0 spiro atoms. The maximum absolute atomic E-state index is 5.42. The lowest BCUT2D eigenvalue weighted by Gasteiger charge is -2.34. The number of hydrogen-bond donors (Lipinski definition) is 0. The highest BCUT2D eigenvalue weighted by Crippen LogP contribution is 2.52. The van der Waals surface area contributed by atoms with Gasteiger partial charge in [0.05, 0.1) is 21.8 Å². The van der Waals surface area contributed by atoms with E-state index in [1.165, 1.54) is 54.5 Å². The molecular formula is C51H34N4. The summed E-state index contributed by atoms with van der Waals surface area (Å²) >= 11 is 0. The number of benzene rings is 8. The van der Waals surface area contributed by atoms with Crippen molar-refractivity contribution in [3.8, 4) is 16.8 Å². The van der Waals surface area contributed by atoms with Gasteiger partial charge in [0.2, 0.25) is 0 Å². The molecule has 0 fully saturated rings. The monoisotopic (exact) mass is 702 g/mol. The fourth-order valence-electron chi connectivity index (χ4n) is 9.30. The van der Waals surface area contributed by atoms with Gasteiger partial charge < -0.3 is 4.90 Å². The van der Waals surface area contributed by atoms with Gasteiger partial charge in [0.25, 0.3) is 0 Å². The topological polar surface area (TPSA) is 33.4 Å². The van der Waals surface area contributed by atoms with Crippen LogP contribution < -0.4 is 15.5 Å². The van der Waals surface area contributed by atoms with E-state index in [2.05, 4.69) is 198 Å². The van der Waals surface area contributed by atoms with Crippen molar-refractivity contribution in [3.05, 3.63) is 192 Å². The highest BCUT2D eigenvalue weighted by Gasteiger charge is 2.48. The van der Waals surface area contributed by atoms with E-state index >= 15 is 0 Å². The third-order valence-electron chi connectivity index (χ3n) is 12.1. The second-order valence-corrected chi connectivity index (χ2v) is 15.3. The van der Waals surface area contributed by atoms with Gasteiger partial charge in [-0.2, -0.15) is 0 Å². The molecule has 2 aliphatic heterocycles. The van der Waals surface area contributed by atoms with Crippen molar-refractivity contribution in [2.45, 2.75) is 18.5 Å². The molecule has 0 N–H and O–H groups in total. The fraction of sp³-hybridized carbons (Fsp3) is 0.0588. The number of para-hydroxylation sites is 2. The van der Waals surface area contributed by atoms with E-state index in [1.807, 2.05) is 0 Å². The van der Waals surface area contributed by atoms with Gasteiger partial charge in [-0.05, 0) is 117 Å². The molecule has 2 atom stereocenters. The van der Waals surface area contributed by atoms with Gasteiger partial charge >= 0.3 is 0 Å². The average molecular weight is 703 g/mol. The van der Waals surface area contributed by atoms with Crippen LogP contribution in [-0.2, 0) is 5.41 Å². The van der Waals surface area contributed by atoms with Crippen molar-refractivity contribution in [2.75, 3.05) is 4.90 Å². The minimum atomic E-state index is -0.275. The standard InChI is InChI=1S/C51H34N4/c1-51-31-39-15-7-9-17-46(39)53-50(51)55(48-30-37-13-5-3-11-35(37)28-44(48)51)41-24-20-33(21-25-41)32-18-22-40(23-19-32)54-47-29-36-12-4-2-10-34(36)26-42(47)43-27-38-14-6-8-16-45(38)52-49(43)54/h2-31,50H,1H3. The fourth-order valence-corrected chi connectivity index (χ4v) is 9.30. The highest BCUT2D eigenvalue weighted by molar-refractivity contribution is 6.14. The summed E-state index contributed by atoms with van der Waals surface area (Å²) in [4.78, 5) is 13.1. The Morgan fingerprint density at radius 1 is 0.527 bits per heavy atom. The molecule has 0 radical (unpaired) electrons. The van der Waals surface area contributed by atoms with Gasteiger partial charge in [-0.15, -0.1) is 0 Å². The van der Waals surface area contributed by atoms with Gasteiger partial charge in [-0.3, -0.25) is 9.56 Å². The molecule has 2 aliphatic rings. The zero-order valence-electron chi connectivity index (χ0n) is 30.2. The van der Waals surface area contributed by atoms with E-state index in [0.717, 1.165) is 44.2 Å². The van der Waals surface area contributed by atoms with E-state index in [4.69, 9.17) is 9.98 Å². The van der Waals surface area contributed by atoms with Crippen molar-refractivity contribution in [3.63, 3.8) is 0 Å². The first-order valence-electron chi connectivity index (χ1n) is 19.0. The number of pyridine rings is 1. The van der Waals surface area contributed by atoms with Gasteiger partial charge in [0, 0.05) is 33.2 Å². The molecular weight excluding hydrogens is 669 g/mol. The Morgan fingerprint density at radius 3 is 1.85 bits per heavy atom. The Bertz CT molecular complexity index is 3250. The van der Waals surface area contributed by atoms with Crippen molar-refractivity contribution >= 4 is 71.8 Å². The maximum Gasteiger partial charge on any atom is 0.146 e. The molecule has 12 rings (SSSR count). The molecule has 10 aromatic rings. The highest BCUT2D eigenvalue weighted by atomic mass is 15.3. The molecule has 0 saturated carbocycles. The summed E-state index contributed by atoms with van der Waals surface area (Å²) in [6.07, 6.45) is 2.34. The maximum atomic E-state index is 5.42. The van der Waals surface area contributed by atoms with E-state index < -0.39 is 0 Å². The molecule has 2 aromatic heterocycles. The normalized spacial score (nSPS) is 17.3. The first kappa shape index (κ1) is 30.4. The van der Waals surface area contributed by atoms with Gasteiger partial charge in [0.15, 0.2) is 0 Å². The molecule has 4 heterocycles. The summed E-state index contributed by atoms with van der Waals surface area (Å²) in [5.41, 5.74) is 9.96. The molecule has 0 aliphatic carbocycles. The Kier molecular flexibility index (Phi) is 6.22. The summed E-state index contributed by atoms with van der Waals surface area (Å²) in [7, 11) is 0. The Morgan fingerprint density at radius 2 is 1.11 bits per heavy atom. The molecule has 55 heavy (non-hydrogen) atoms. The van der Waals surface area contributed by atoms with Crippen LogP contribution in [0.3, 0.4) is 0 Å². The Labute approximate surface area is 317 Å². The van der Waals surface area contributed by atoms with Crippen molar-refractivity contribution in [2.24, 2.45) is 4.99 Å². The summed E-state index contributed by atoms with van der Waals surface area (Å²) in [5, 5.41) is 10.7. The van der Waals surface area contributed by atoms with Crippen molar-refractivity contribution < 1.29 is 0 Å². The number of rotatable bonds is 3. The predicted octanol–water partition coefficient (Wildman–Crippen LogP) is 11.2.